The maximum atomic E-state index is 14.2. The van der Waals surface area contributed by atoms with Crippen molar-refractivity contribution in [3.05, 3.63) is 68.7 Å². The van der Waals surface area contributed by atoms with E-state index in [-0.39, 0.29) is 39.6 Å². The number of carbonyl (C=O) groups excluding carboxylic acids is 4. The van der Waals surface area contributed by atoms with Crippen LogP contribution in [0.25, 0.3) is 0 Å². The third-order valence-electron chi connectivity index (χ3n) is 6.28. The number of methoxy groups -OCH3 is 1. The second-order valence-electron chi connectivity index (χ2n) is 8.44. The summed E-state index contributed by atoms with van der Waals surface area (Å²) >= 11 is 0. The van der Waals surface area contributed by atoms with Crippen LogP contribution in [-0.2, 0) is 26.3 Å². The van der Waals surface area contributed by atoms with Crippen molar-refractivity contribution in [3.63, 3.8) is 0 Å². The summed E-state index contributed by atoms with van der Waals surface area (Å²) in [5, 5.41) is 24.2. The molecule has 0 bridgehead atoms. The largest absolute Gasteiger partial charge is 0.507 e. The smallest absolute Gasteiger partial charge is 0.269 e. The van der Waals surface area contributed by atoms with Crippen LogP contribution >= 0.6 is 0 Å². The Labute approximate surface area is 202 Å². The molecule has 1 unspecified atom stereocenters. The van der Waals surface area contributed by atoms with Crippen LogP contribution < -0.4 is 14.8 Å². The van der Waals surface area contributed by atoms with E-state index >= 15 is 0 Å². The van der Waals surface area contributed by atoms with E-state index in [1.807, 2.05) is 0 Å². The van der Waals surface area contributed by atoms with Gasteiger partial charge in [0.1, 0.15) is 45.8 Å². The number of carbonyl (C=O) groups is 4. The number of nitro benzene ring substituents is 1. The summed E-state index contributed by atoms with van der Waals surface area (Å²) in [6, 6.07) is 3.92. The molecule has 0 spiro atoms. The molecule has 0 aromatic heterocycles. The molecule has 2 aromatic rings. The van der Waals surface area contributed by atoms with Crippen molar-refractivity contribution >= 4 is 28.9 Å². The summed E-state index contributed by atoms with van der Waals surface area (Å²) in [7, 11) is 1.21. The highest BCUT2D eigenvalue weighted by Gasteiger charge is 2.58. The molecule has 2 N–H and O–H groups in total. The zero-order valence-corrected chi connectivity index (χ0v) is 19.2. The van der Waals surface area contributed by atoms with Gasteiger partial charge in [-0.25, -0.2) is 4.39 Å². The summed E-state index contributed by atoms with van der Waals surface area (Å²) in [6.07, 6.45) is 0.986. The van der Waals surface area contributed by atoms with Crippen molar-refractivity contribution in [2.45, 2.75) is 25.8 Å². The third kappa shape index (κ3) is 3.58. The molecule has 1 aliphatic heterocycles. The first kappa shape index (κ1) is 24.5. The summed E-state index contributed by atoms with van der Waals surface area (Å²) in [5.74, 6) is -6.62. The van der Waals surface area contributed by atoms with E-state index in [0.29, 0.717) is 0 Å². The van der Waals surface area contributed by atoms with Crippen LogP contribution in [0.5, 0.6) is 17.2 Å². The second kappa shape index (κ2) is 8.56. The molecule has 36 heavy (non-hydrogen) atoms. The van der Waals surface area contributed by atoms with Gasteiger partial charge in [-0.05, 0) is 19.9 Å². The molecule has 1 aliphatic carbocycles. The molecular weight excluding hydrogens is 479 g/mol. The fourth-order valence-electron chi connectivity index (χ4n) is 4.43. The molecule has 12 heteroatoms. The lowest BCUT2D eigenvalue weighted by Gasteiger charge is -2.30. The Hall–Kier alpha value is -4.61. The normalized spacial score (nSPS) is 20.1. The van der Waals surface area contributed by atoms with Gasteiger partial charge in [0.15, 0.2) is 17.3 Å². The molecule has 0 fully saturated rings. The number of rotatable bonds is 6. The number of nitrogens with zero attached hydrogens (tertiary/aromatic N) is 1. The molecule has 0 saturated heterocycles. The van der Waals surface area contributed by atoms with Crippen molar-refractivity contribution in [2.24, 2.45) is 5.92 Å². The van der Waals surface area contributed by atoms with Gasteiger partial charge in [-0.2, -0.15) is 0 Å². The van der Waals surface area contributed by atoms with E-state index < -0.39 is 57.6 Å². The van der Waals surface area contributed by atoms with E-state index in [2.05, 4.69) is 5.32 Å². The summed E-state index contributed by atoms with van der Waals surface area (Å²) in [4.78, 5) is 61.2. The lowest BCUT2D eigenvalue weighted by Crippen LogP contribution is -2.47. The highest BCUT2D eigenvalue weighted by Crippen LogP contribution is 2.56. The number of nitro groups is 1. The van der Waals surface area contributed by atoms with E-state index in [1.165, 1.54) is 14.0 Å². The fourth-order valence-corrected chi connectivity index (χ4v) is 4.43. The number of phenolic OH excluding ortho intramolecular Hbond substituents is 1. The Bertz CT molecular complexity index is 1410. The number of hydrogen-bond donors (Lipinski definition) is 2. The van der Waals surface area contributed by atoms with Crippen LogP contribution in [0.4, 0.5) is 10.1 Å². The van der Waals surface area contributed by atoms with E-state index in [9.17, 15) is 38.8 Å². The number of allylic oxidation sites excluding steroid dienone is 2. The number of hydrogen-bond acceptors (Lipinski definition) is 9. The van der Waals surface area contributed by atoms with E-state index in [1.54, 1.807) is 0 Å². The van der Waals surface area contributed by atoms with Crippen molar-refractivity contribution < 1.29 is 43.1 Å². The van der Waals surface area contributed by atoms with Crippen LogP contribution in [0.2, 0.25) is 0 Å². The standard InChI is InChI=1S/C24H19FN2O9/c1-10(28)18-14(29)8-17-24(2,22(18)31)20-15(30)7-16(35-3)19(21(20)36-17)23(32)26-9-11-6-12(27(33)34)4-5-13(11)25/h4-8,18,30H,9H2,1-3H3,(H,26,32)/t18?,24-/m1/s1. The number of phenols is 1. The number of Topliss-reactive ketones (excluding diaryl/α,β-unsaturated/α-hetero) is 2. The predicted octanol–water partition coefficient (Wildman–Crippen LogP) is 2.27. The minimum atomic E-state index is -1.74. The SMILES string of the molecule is COc1cc(O)c2c(c1C(=O)NCc1cc([N+](=O)[O-])ccc1F)OC1=CC(=O)C(C(C)=O)C(=O)[C@]12C. The molecule has 2 aromatic carbocycles. The Balaban J connectivity index is 1.78. The van der Waals surface area contributed by atoms with Crippen molar-refractivity contribution in [3.8, 4) is 17.2 Å². The maximum Gasteiger partial charge on any atom is 0.269 e. The van der Waals surface area contributed by atoms with Crippen LogP contribution in [0.15, 0.2) is 36.1 Å². The third-order valence-corrected chi connectivity index (χ3v) is 6.28. The molecule has 2 aliphatic rings. The van der Waals surface area contributed by atoms with Gasteiger partial charge in [-0.3, -0.25) is 29.3 Å². The number of fused-ring (bicyclic) bond motifs is 3. The average molecular weight is 498 g/mol. The molecule has 0 saturated carbocycles. The average Bonchev–Trinajstić information content (AvgIpc) is 3.11. The number of nitrogens with one attached hydrogen (secondary N) is 1. The lowest BCUT2D eigenvalue weighted by atomic mass is 9.67. The first-order chi connectivity index (χ1) is 16.9. The Kier molecular flexibility index (Phi) is 5.83. The van der Waals surface area contributed by atoms with E-state index in [0.717, 1.165) is 37.3 Å². The highest BCUT2D eigenvalue weighted by atomic mass is 19.1. The van der Waals surface area contributed by atoms with Gasteiger partial charge >= 0.3 is 0 Å². The first-order valence-corrected chi connectivity index (χ1v) is 10.6. The highest BCUT2D eigenvalue weighted by molar-refractivity contribution is 6.27. The van der Waals surface area contributed by atoms with Gasteiger partial charge < -0.3 is 19.9 Å². The van der Waals surface area contributed by atoms with Crippen LogP contribution in [0.3, 0.4) is 0 Å². The number of benzene rings is 2. The quantitative estimate of drug-likeness (QED) is 0.346. The summed E-state index contributed by atoms with van der Waals surface area (Å²) in [6.45, 7) is 2.01. The number of ketones is 3. The van der Waals surface area contributed by atoms with Gasteiger partial charge in [0, 0.05) is 36.4 Å². The summed E-state index contributed by atoms with van der Waals surface area (Å²) in [5.41, 5.74) is -2.69. The van der Waals surface area contributed by atoms with Gasteiger partial charge in [0.2, 0.25) is 0 Å². The van der Waals surface area contributed by atoms with Crippen molar-refractivity contribution in [2.75, 3.05) is 7.11 Å². The molecule has 2 atom stereocenters. The lowest BCUT2D eigenvalue weighted by molar-refractivity contribution is -0.385. The van der Waals surface area contributed by atoms with Gasteiger partial charge in [-0.1, -0.05) is 0 Å². The molecular formula is C24H19FN2O9. The fraction of sp³-hybridized carbons (Fsp3) is 0.250. The molecule has 0 radical (unpaired) electrons. The number of halogens is 1. The monoisotopic (exact) mass is 498 g/mol. The number of ether oxygens (including phenoxy) is 2. The molecule has 11 nitrogen and oxygen atoms in total. The van der Waals surface area contributed by atoms with Crippen LogP contribution in [-0.4, -0.2) is 40.4 Å². The van der Waals surface area contributed by atoms with Gasteiger partial charge in [-0.15, -0.1) is 0 Å². The Morgan fingerprint density at radius 1 is 1.31 bits per heavy atom. The van der Waals surface area contributed by atoms with Crippen molar-refractivity contribution in [1.29, 1.82) is 0 Å². The maximum absolute atomic E-state index is 14.2. The Morgan fingerprint density at radius 2 is 2.00 bits per heavy atom. The summed E-state index contributed by atoms with van der Waals surface area (Å²) < 4.78 is 25.1. The van der Waals surface area contributed by atoms with Crippen LogP contribution in [0.1, 0.15) is 35.3 Å². The molecule has 1 heterocycles. The van der Waals surface area contributed by atoms with Gasteiger partial charge in [0.05, 0.1) is 17.6 Å². The zero-order chi connectivity index (χ0) is 26.5. The first-order valence-electron chi connectivity index (χ1n) is 10.6. The number of non-ortho nitro benzene ring substituents is 1. The predicted molar refractivity (Wildman–Crippen MR) is 119 cm³/mol. The number of amides is 1. The molecule has 4 rings (SSSR count). The molecule has 186 valence electrons. The minimum absolute atomic E-state index is 0.134. The molecule has 1 amide bonds. The second-order valence-corrected chi connectivity index (χ2v) is 8.44. The topological polar surface area (TPSA) is 162 Å². The van der Waals surface area contributed by atoms with Crippen LogP contribution in [0, 0.1) is 21.8 Å². The minimum Gasteiger partial charge on any atom is -0.507 e. The Morgan fingerprint density at radius 3 is 2.61 bits per heavy atom. The van der Waals surface area contributed by atoms with Crippen molar-refractivity contribution in [1.82, 2.24) is 5.32 Å². The van der Waals surface area contributed by atoms with Gasteiger partial charge in [0.25, 0.3) is 11.6 Å². The number of aromatic hydroxyl groups is 1. The zero-order valence-electron chi connectivity index (χ0n) is 19.2. The van der Waals surface area contributed by atoms with E-state index in [4.69, 9.17) is 9.47 Å².